The molecule has 6 nitrogen and oxygen atoms in total. The Hall–Kier alpha value is -2.81. The minimum Gasteiger partial charge on any atom is -0.466 e. The summed E-state index contributed by atoms with van der Waals surface area (Å²) < 4.78 is 5.44. The monoisotopic (exact) mass is 310 g/mol. The van der Waals surface area contributed by atoms with Gasteiger partial charge in [0.25, 0.3) is 5.91 Å². The van der Waals surface area contributed by atoms with Gasteiger partial charge in [-0.1, -0.05) is 0 Å². The molecule has 1 aliphatic heterocycles. The lowest BCUT2D eigenvalue weighted by Gasteiger charge is -2.35. The number of carbonyl (C=O) groups is 1. The number of anilines is 1. The molecule has 0 aliphatic carbocycles. The van der Waals surface area contributed by atoms with Crippen LogP contribution >= 0.6 is 0 Å². The molecule has 1 amide bonds. The maximum absolute atomic E-state index is 12.6. The first-order valence-corrected chi connectivity index (χ1v) is 7.56. The summed E-state index contributed by atoms with van der Waals surface area (Å²) in [6.45, 7) is 6.17. The van der Waals surface area contributed by atoms with Crippen molar-refractivity contribution < 1.29 is 9.21 Å². The number of nitrogens with zero attached hydrogens (tertiary/aromatic N) is 4. The molecule has 1 aliphatic rings. The normalized spacial score (nSPS) is 14.7. The van der Waals surface area contributed by atoms with Gasteiger partial charge in [-0.25, -0.2) is 4.98 Å². The Morgan fingerprint density at radius 1 is 1.30 bits per heavy atom. The molecule has 1 fully saturated rings. The third-order valence-corrected chi connectivity index (χ3v) is 4.04. The Labute approximate surface area is 134 Å². The van der Waals surface area contributed by atoms with Crippen LogP contribution in [0.5, 0.6) is 0 Å². The number of hydrogen-bond acceptors (Lipinski definition) is 5. The van der Waals surface area contributed by atoms with Crippen molar-refractivity contribution >= 4 is 11.7 Å². The van der Waals surface area contributed by atoms with Gasteiger partial charge in [0, 0.05) is 32.4 Å². The van der Waals surface area contributed by atoms with Crippen LogP contribution in [0.1, 0.15) is 27.4 Å². The molecule has 0 spiro atoms. The summed E-state index contributed by atoms with van der Waals surface area (Å²) in [6.07, 6.45) is 1.69. The molecular weight excluding hydrogens is 292 g/mol. The number of amides is 1. The first-order valence-electron chi connectivity index (χ1n) is 7.56. The van der Waals surface area contributed by atoms with E-state index in [2.05, 4.69) is 16.0 Å². The van der Waals surface area contributed by atoms with Crippen molar-refractivity contribution in [3.05, 3.63) is 47.0 Å². The fourth-order valence-corrected chi connectivity index (χ4v) is 2.87. The minimum atomic E-state index is 0.000488. The van der Waals surface area contributed by atoms with E-state index in [0.717, 1.165) is 5.76 Å². The quantitative estimate of drug-likeness (QED) is 0.849. The fraction of sp³-hybridized carbons (Fsp3) is 0.353. The van der Waals surface area contributed by atoms with Gasteiger partial charge < -0.3 is 14.2 Å². The highest BCUT2D eigenvalue weighted by atomic mass is 16.3. The molecule has 118 valence electrons. The average molecular weight is 310 g/mol. The Kier molecular flexibility index (Phi) is 4.02. The number of carbonyl (C=O) groups excluding carboxylic acids is 1. The van der Waals surface area contributed by atoms with Gasteiger partial charge in [-0.3, -0.25) is 4.79 Å². The molecule has 3 rings (SSSR count). The number of aromatic nitrogens is 1. The first-order chi connectivity index (χ1) is 11.1. The van der Waals surface area contributed by atoms with Crippen LogP contribution in [0.2, 0.25) is 0 Å². The van der Waals surface area contributed by atoms with E-state index < -0.39 is 0 Å². The molecule has 6 heteroatoms. The van der Waals surface area contributed by atoms with Crippen LogP contribution in [-0.2, 0) is 0 Å². The van der Waals surface area contributed by atoms with Crippen LogP contribution < -0.4 is 4.90 Å². The molecule has 0 aromatic carbocycles. The smallest absolute Gasteiger partial charge is 0.257 e. The Bertz CT molecular complexity index is 767. The second-order valence-electron chi connectivity index (χ2n) is 5.59. The Morgan fingerprint density at radius 2 is 2.04 bits per heavy atom. The van der Waals surface area contributed by atoms with Crippen LogP contribution in [0.4, 0.5) is 5.82 Å². The van der Waals surface area contributed by atoms with E-state index in [1.165, 1.54) is 0 Å². The van der Waals surface area contributed by atoms with Crippen molar-refractivity contribution in [1.29, 1.82) is 5.26 Å². The van der Waals surface area contributed by atoms with Gasteiger partial charge in [0.1, 0.15) is 23.4 Å². The molecule has 23 heavy (non-hydrogen) atoms. The molecular formula is C17H18N4O2. The molecule has 0 N–H and O–H groups in total. The van der Waals surface area contributed by atoms with Crippen molar-refractivity contribution in [2.45, 2.75) is 13.8 Å². The third kappa shape index (κ3) is 2.90. The number of hydrogen-bond donors (Lipinski definition) is 0. The van der Waals surface area contributed by atoms with E-state index in [-0.39, 0.29) is 5.91 Å². The SMILES string of the molecule is Cc1cc(C(=O)N2CCN(c3ncccc3C#N)CC2)c(C)o1. The number of rotatable bonds is 2. The topological polar surface area (TPSA) is 73.4 Å². The maximum atomic E-state index is 12.6. The second-order valence-corrected chi connectivity index (χ2v) is 5.59. The number of aryl methyl sites for hydroxylation is 2. The lowest BCUT2D eigenvalue weighted by atomic mass is 10.2. The number of piperazine rings is 1. The van der Waals surface area contributed by atoms with Crippen molar-refractivity contribution in [1.82, 2.24) is 9.88 Å². The van der Waals surface area contributed by atoms with E-state index in [9.17, 15) is 10.1 Å². The van der Waals surface area contributed by atoms with Crippen LogP contribution in [0, 0.1) is 25.2 Å². The number of pyridine rings is 1. The highest BCUT2D eigenvalue weighted by molar-refractivity contribution is 5.95. The highest BCUT2D eigenvalue weighted by Crippen LogP contribution is 2.20. The van der Waals surface area contributed by atoms with Gasteiger partial charge in [0.15, 0.2) is 0 Å². The van der Waals surface area contributed by atoms with Crippen LogP contribution in [0.3, 0.4) is 0 Å². The molecule has 3 heterocycles. The van der Waals surface area contributed by atoms with Gasteiger partial charge in [-0.2, -0.15) is 5.26 Å². The summed E-state index contributed by atoms with van der Waals surface area (Å²) in [7, 11) is 0. The van der Waals surface area contributed by atoms with E-state index in [1.54, 1.807) is 24.4 Å². The fourth-order valence-electron chi connectivity index (χ4n) is 2.87. The van der Waals surface area contributed by atoms with Crippen molar-refractivity contribution in [2.24, 2.45) is 0 Å². The van der Waals surface area contributed by atoms with E-state index in [0.29, 0.717) is 48.9 Å². The molecule has 0 unspecified atom stereocenters. The summed E-state index contributed by atoms with van der Waals surface area (Å²) in [6, 6.07) is 7.47. The largest absolute Gasteiger partial charge is 0.466 e. The maximum Gasteiger partial charge on any atom is 0.257 e. The lowest BCUT2D eigenvalue weighted by Crippen LogP contribution is -2.49. The summed E-state index contributed by atoms with van der Waals surface area (Å²) in [4.78, 5) is 20.8. The zero-order valence-electron chi connectivity index (χ0n) is 13.2. The van der Waals surface area contributed by atoms with E-state index in [4.69, 9.17) is 4.42 Å². The van der Waals surface area contributed by atoms with Gasteiger partial charge in [0.2, 0.25) is 0 Å². The summed E-state index contributed by atoms with van der Waals surface area (Å²) in [5, 5.41) is 9.18. The molecule has 0 bridgehead atoms. The summed E-state index contributed by atoms with van der Waals surface area (Å²) in [5.41, 5.74) is 1.19. The van der Waals surface area contributed by atoms with Gasteiger partial charge in [-0.05, 0) is 32.0 Å². The zero-order chi connectivity index (χ0) is 16.4. The van der Waals surface area contributed by atoms with Crippen LogP contribution in [-0.4, -0.2) is 42.0 Å². The number of nitriles is 1. The van der Waals surface area contributed by atoms with Crippen molar-refractivity contribution in [3.8, 4) is 6.07 Å². The van der Waals surface area contributed by atoms with Crippen molar-refractivity contribution in [3.63, 3.8) is 0 Å². The van der Waals surface area contributed by atoms with Crippen molar-refractivity contribution in [2.75, 3.05) is 31.1 Å². The van der Waals surface area contributed by atoms with Crippen LogP contribution in [0.15, 0.2) is 28.8 Å². The first kappa shape index (κ1) is 15.1. The Morgan fingerprint density at radius 3 is 2.65 bits per heavy atom. The van der Waals surface area contributed by atoms with E-state index in [1.807, 2.05) is 18.7 Å². The third-order valence-electron chi connectivity index (χ3n) is 4.04. The molecule has 2 aromatic rings. The summed E-state index contributed by atoms with van der Waals surface area (Å²) >= 11 is 0. The average Bonchev–Trinajstić information content (AvgIpc) is 2.92. The van der Waals surface area contributed by atoms with Gasteiger partial charge in [-0.15, -0.1) is 0 Å². The highest BCUT2D eigenvalue weighted by Gasteiger charge is 2.26. The number of furan rings is 1. The van der Waals surface area contributed by atoms with Crippen LogP contribution in [0.25, 0.3) is 0 Å². The van der Waals surface area contributed by atoms with Gasteiger partial charge >= 0.3 is 0 Å². The molecule has 0 radical (unpaired) electrons. The lowest BCUT2D eigenvalue weighted by molar-refractivity contribution is 0.0744. The van der Waals surface area contributed by atoms with Gasteiger partial charge in [0.05, 0.1) is 11.1 Å². The predicted octanol–water partition coefficient (Wildman–Crippen LogP) is 2.13. The zero-order valence-corrected chi connectivity index (χ0v) is 13.2. The van der Waals surface area contributed by atoms with E-state index >= 15 is 0 Å². The minimum absolute atomic E-state index is 0.000488. The Balaban J connectivity index is 1.70. The summed E-state index contributed by atoms with van der Waals surface area (Å²) in [5.74, 6) is 2.10. The molecule has 0 atom stereocenters. The standard InChI is InChI=1S/C17H18N4O2/c1-12-10-15(13(2)23-12)17(22)21-8-6-20(7-9-21)16-14(11-18)4-3-5-19-16/h3-5,10H,6-9H2,1-2H3. The second kappa shape index (κ2) is 6.13. The molecule has 1 saturated heterocycles. The molecule has 0 saturated carbocycles. The predicted molar refractivity (Wildman–Crippen MR) is 85.3 cm³/mol. The molecule has 2 aromatic heterocycles.